The van der Waals surface area contributed by atoms with Gasteiger partial charge in [-0.15, -0.1) is 12.6 Å². The number of amides is 2. The Kier molecular flexibility index (Phi) is 3.21. The number of hydrazine groups is 1. The first kappa shape index (κ1) is 11.7. The van der Waals surface area contributed by atoms with Crippen LogP contribution in [0, 0.1) is 0 Å². The van der Waals surface area contributed by atoms with Crippen LogP contribution in [0.5, 0.6) is 0 Å². The van der Waals surface area contributed by atoms with Crippen LogP contribution in [-0.4, -0.2) is 27.5 Å². The number of hydrogen-bond acceptors (Lipinski definition) is 4. The number of benzene rings is 1. The van der Waals surface area contributed by atoms with Crippen LogP contribution in [0.25, 0.3) is 0 Å². The summed E-state index contributed by atoms with van der Waals surface area (Å²) in [4.78, 5) is 23.6. The molecule has 0 aliphatic carbocycles. The van der Waals surface area contributed by atoms with E-state index in [2.05, 4.69) is 23.5 Å². The number of hydrogen-bond donors (Lipinski definition) is 4. The second-order valence-corrected chi connectivity index (χ2v) is 4.07. The molecular weight excluding hydrogens is 242 g/mol. The van der Waals surface area contributed by atoms with Crippen molar-refractivity contribution < 1.29 is 14.7 Å². The number of carbonyl (C=O) groups excluding carboxylic acids is 1. The summed E-state index contributed by atoms with van der Waals surface area (Å²) in [6.07, 6.45) is 0. The highest BCUT2D eigenvalue weighted by atomic mass is 32.1. The first-order chi connectivity index (χ1) is 8.08. The zero-order valence-corrected chi connectivity index (χ0v) is 9.65. The smallest absolute Gasteiger partial charge is 0.335 e. The van der Waals surface area contributed by atoms with E-state index in [9.17, 15) is 9.59 Å². The van der Waals surface area contributed by atoms with Gasteiger partial charge in [-0.2, -0.15) is 0 Å². The summed E-state index contributed by atoms with van der Waals surface area (Å²) in [6.45, 7) is 0.300. The monoisotopic (exact) mass is 253 g/mol. The molecule has 1 aromatic carbocycles. The molecule has 1 saturated heterocycles. The molecule has 0 saturated carbocycles. The van der Waals surface area contributed by atoms with Gasteiger partial charge in [0.1, 0.15) is 5.50 Å². The van der Waals surface area contributed by atoms with Crippen LogP contribution in [0.1, 0.15) is 15.9 Å². The van der Waals surface area contributed by atoms with Crippen molar-refractivity contribution in [2.45, 2.75) is 12.0 Å². The Morgan fingerprint density at radius 2 is 2.29 bits per heavy atom. The summed E-state index contributed by atoms with van der Waals surface area (Å²) >= 11 is 4.16. The Labute approximate surface area is 103 Å². The highest BCUT2D eigenvalue weighted by Crippen LogP contribution is 2.13. The standard InChI is InChI=1S/C10H11N3O3S/c14-8(15)7-3-1-2-6(4-7)5-13-9(16)11-12-10(13)17/h1-4,10,12,17H,5H2,(H,11,16)(H,14,15). The highest BCUT2D eigenvalue weighted by molar-refractivity contribution is 7.80. The number of rotatable bonds is 3. The second kappa shape index (κ2) is 4.64. The Morgan fingerprint density at radius 1 is 1.53 bits per heavy atom. The maximum absolute atomic E-state index is 11.4. The van der Waals surface area contributed by atoms with Crippen molar-refractivity contribution in [2.75, 3.05) is 0 Å². The minimum atomic E-state index is -0.988. The summed E-state index contributed by atoms with van der Waals surface area (Å²) in [5.41, 5.74) is 5.59. The lowest BCUT2D eigenvalue weighted by atomic mass is 10.1. The topological polar surface area (TPSA) is 81.7 Å². The van der Waals surface area contributed by atoms with Crippen LogP contribution >= 0.6 is 12.6 Å². The summed E-state index contributed by atoms with van der Waals surface area (Å²) in [5, 5.41) is 8.85. The lowest BCUT2D eigenvalue weighted by molar-refractivity contribution is 0.0696. The van der Waals surface area contributed by atoms with Gasteiger partial charge in [0, 0.05) is 6.54 Å². The average molecular weight is 253 g/mol. The molecule has 1 unspecified atom stereocenters. The molecule has 1 aliphatic rings. The first-order valence-corrected chi connectivity index (χ1v) is 5.42. The number of thiol groups is 1. The van der Waals surface area contributed by atoms with Gasteiger partial charge in [0.2, 0.25) is 0 Å². The number of nitrogens with one attached hydrogen (secondary N) is 2. The fourth-order valence-electron chi connectivity index (χ4n) is 1.54. The van der Waals surface area contributed by atoms with Crippen molar-refractivity contribution in [3.63, 3.8) is 0 Å². The van der Waals surface area contributed by atoms with Gasteiger partial charge in [-0.25, -0.2) is 15.0 Å². The van der Waals surface area contributed by atoms with E-state index in [4.69, 9.17) is 5.11 Å². The van der Waals surface area contributed by atoms with E-state index in [1.165, 1.54) is 17.0 Å². The zero-order chi connectivity index (χ0) is 12.4. The number of carbonyl (C=O) groups is 2. The molecule has 3 N–H and O–H groups in total. The lowest BCUT2D eigenvalue weighted by Gasteiger charge is -2.18. The molecule has 90 valence electrons. The Balaban J connectivity index is 2.15. The molecule has 1 aromatic rings. The number of urea groups is 1. The molecule has 17 heavy (non-hydrogen) atoms. The SMILES string of the molecule is O=C(O)c1cccc(CN2C(=O)NNC2S)c1. The van der Waals surface area contributed by atoms with Crippen molar-refractivity contribution in [1.82, 2.24) is 15.8 Å². The molecule has 1 heterocycles. The maximum atomic E-state index is 11.4. The van der Waals surface area contributed by atoms with Gasteiger partial charge < -0.3 is 5.11 Å². The van der Waals surface area contributed by atoms with Crippen LogP contribution in [-0.2, 0) is 6.54 Å². The number of nitrogens with zero attached hydrogens (tertiary/aromatic N) is 1. The van der Waals surface area contributed by atoms with Crippen molar-refractivity contribution in [3.05, 3.63) is 35.4 Å². The third kappa shape index (κ3) is 2.51. The highest BCUT2D eigenvalue weighted by Gasteiger charge is 2.27. The molecule has 0 radical (unpaired) electrons. The van der Waals surface area contributed by atoms with Crippen LogP contribution in [0.4, 0.5) is 4.79 Å². The van der Waals surface area contributed by atoms with E-state index in [1.807, 2.05) is 0 Å². The van der Waals surface area contributed by atoms with E-state index in [0.717, 1.165) is 5.56 Å². The van der Waals surface area contributed by atoms with Crippen molar-refractivity contribution in [1.29, 1.82) is 0 Å². The predicted octanol–water partition coefficient (Wildman–Crippen LogP) is 0.628. The molecule has 0 bridgehead atoms. The molecule has 2 rings (SSSR count). The fraction of sp³-hybridized carbons (Fsp3) is 0.200. The molecule has 2 amide bonds. The van der Waals surface area contributed by atoms with Gasteiger partial charge in [0.15, 0.2) is 0 Å². The van der Waals surface area contributed by atoms with Crippen LogP contribution in [0.15, 0.2) is 24.3 Å². The maximum Gasteiger partial charge on any atom is 0.335 e. The molecule has 6 nitrogen and oxygen atoms in total. The summed E-state index contributed by atoms with van der Waals surface area (Å²) < 4.78 is 0. The minimum absolute atomic E-state index is 0.200. The zero-order valence-electron chi connectivity index (χ0n) is 8.75. The largest absolute Gasteiger partial charge is 0.478 e. The van der Waals surface area contributed by atoms with Gasteiger partial charge >= 0.3 is 12.0 Å². The van der Waals surface area contributed by atoms with Gasteiger partial charge in [-0.3, -0.25) is 10.3 Å². The number of carboxylic acids is 1. The van der Waals surface area contributed by atoms with Crippen LogP contribution in [0.3, 0.4) is 0 Å². The van der Waals surface area contributed by atoms with E-state index >= 15 is 0 Å². The van der Waals surface area contributed by atoms with Crippen LogP contribution in [0.2, 0.25) is 0 Å². The molecular formula is C10H11N3O3S. The molecule has 0 spiro atoms. The van der Waals surface area contributed by atoms with Crippen molar-refractivity contribution in [2.24, 2.45) is 0 Å². The van der Waals surface area contributed by atoms with Gasteiger partial charge in [0.25, 0.3) is 0 Å². The number of aromatic carboxylic acids is 1. The third-order valence-corrected chi connectivity index (χ3v) is 2.80. The van der Waals surface area contributed by atoms with Gasteiger partial charge in [-0.1, -0.05) is 12.1 Å². The Hall–Kier alpha value is -1.73. The van der Waals surface area contributed by atoms with E-state index < -0.39 is 11.5 Å². The van der Waals surface area contributed by atoms with E-state index in [-0.39, 0.29) is 11.6 Å². The average Bonchev–Trinajstić information content (AvgIpc) is 2.61. The molecule has 1 fully saturated rings. The van der Waals surface area contributed by atoms with Crippen molar-refractivity contribution in [3.8, 4) is 0 Å². The Bertz CT molecular complexity index is 466. The molecule has 1 aliphatic heterocycles. The summed E-state index contributed by atoms with van der Waals surface area (Å²) in [7, 11) is 0. The van der Waals surface area contributed by atoms with Gasteiger partial charge in [0.05, 0.1) is 5.56 Å². The van der Waals surface area contributed by atoms with Crippen LogP contribution < -0.4 is 10.9 Å². The quantitative estimate of drug-likeness (QED) is 0.595. The van der Waals surface area contributed by atoms with E-state index in [0.29, 0.717) is 6.54 Å². The molecule has 1 atom stereocenters. The van der Waals surface area contributed by atoms with E-state index in [1.54, 1.807) is 12.1 Å². The number of carboxylic acid groups (broad SMARTS) is 1. The normalized spacial score (nSPS) is 19.2. The second-order valence-electron chi connectivity index (χ2n) is 3.58. The predicted molar refractivity (Wildman–Crippen MR) is 63.4 cm³/mol. The lowest BCUT2D eigenvalue weighted by Crippen LogP contribution is -2.31. The Morgan fingerprint density at radius 3 is 2.88 bits per heavy atom. The third-order valence-electron chi connectivity index (χ3n) is 2.39. The first-order valence-electron chi connectivity index (χ1n) is 4.90. The molecule has 7 heteroatoms. The minimum Gasteiger partial charge on any atom is -0.478 e. The fourth-order valence-corrected chi connectivity index (χ4v) is 1.80. The summed E-state index contributed by atoms with van der Waals surface area (Å²) in [5.74, 6) is -0.988. The molecule has 0 aromatic heterocycles. The van der Waals surface area contributed by atoms with Gasteiger partial charge in [-0.05, 0) is 17.7 Å². The van der Waals surface area contributed by atoms with Crippen molar-refractivity contribution >= 4 is 24.6 Å². The summed E-state index contributed by atoms with van der Waals surface area (Å²) in [6, 6.07) is 6.17.